The molecule has 2 amide bonds. The number of hydrogen-bond acceptors (Lipinski definition) is 3. The highest BCUT2D eigenvalue weighted by Crippen LogP contribution is 2.25. The van der Waals surface area contributed by atoms with E-state index in [1.165, 1.54) is 17.0 Å². The number of carboxylic acids is 1. The molecule has 1 aliphatic carbocycles. The van der Waals surface area contributed by atoms with Crippen LogP contribution in [-0.2, 0) is 11.3 Å². The van der Waals surface area contributed by atoms with Crippen LogP contribution in [0.3, 0.4) is 0 Å². The van der Waals surface area contributed by atoms with E-state index in [0.717, 1.165) is 5.56 Å². The Kier molecular flexibility index (Phi) is 6.98. The molecular formula is C19H24FN3O3. The lowest BCUT2D eigenvalue weighted by Gasteiger charge is -2.42. The summed E-state index contributed by atoms with van der Waals surface area (Å²) in [7, 11) is 0. The highest BCUT2D eigenvalue weighted by molar-refractivity contribution is 5.75. The molecule has 0 saturated heterocycles. The fourth-order valence-corrected chi connectivity index (χ4v) is 3.06. The lowest BCUT2D eigenvalue weighted by molar-refractivity contribution is -0.139. The molecule has 1 fully saturated rings. The zero-order valence-corrected chi connectivity index (χ0v) is 14.8. The van der Waals surface area contributed by atoms with E-state index in [1.807, 2.05) is 11.8 Å². The number of likely N-dealkylation sites (N-methyl/N-ethyl adjacent to an activating group) is 1. The first-order valence-corrected chi connectivity index (χ1v) is 8.62. The predicted octanol–water partition coefficient (Wildman–Crippen LogP) is 1.91. The van der Waals surface area contributed by atoms with Crippen molar-refractivity contribution in [2.75, 3.05) is 19.6 Å². The van der Waals surface area contributed by atoms with Gasteiger partial charge in [-0.05, 0) is 37.1 Å². The van der Waals surface area contributed by atoms with Gasteiger partial charge in [0.25, 0.3) is 0 Å². The molecule has 2 N–H and O–H groups in total. The number of rotatable bonds is 8. The van der Waals surface area contributed by atoms with Gasteiger partial charge in [-0.25, -0.2) is 9.18 Å². The fraction of sp³-hybridized carbons (Fsp3) is 0.474. The molecule has 0 aromatic heterocycles. The molecular weight excluding hydrogens is 337 g/mol. The molecule has 0 radical (unpaired) electrons. The molecule has 7 heteroatoms. The van der Waals surface area contributed by atoms with Crippen molar-refractivity contribution in [1.82, 2.24) is 15.1 Å². The number of hydrogen-bond donors (Lipinski definition) is 2. The summed E-state index contributed by atoms with van der Waals surface area (Å²) in [6, 6.07) is 5.84. The number of aliphatic carboxylic acids is 1. The number of nitrogens with zero attached hydrogens (tertiary/aromatic N) is 2. The summed E-state index contributed by atoms with van der Waals surface area (Å²) in [4.78, 5) is 26.7. The summed E-state index contributed by atoms with van der Waals surface area (Å²) in [5.41, 5.74) is 0.793. The lowest BCUT2D eigenvalue weighted by Crippen LogP contribution is -2.56. The van der Waals surface area contributed by atoms with Gasteiger partial charge in [0.2, 0.25) is 0 Å². The first-order chi connectivity index (χ1) is 12.4. The summed E-state index contributed by atoms with van der Waals surface area (Å²) in [5, 5.41) is 11.9. The zero-order chi connectivity index (χ0) is 19.1. The molecule has 0 unspecified atom stereocenters. The van der Waals surface area contributed by atoms with Crippen molar-refractivity contribution >= 4 is 12.0 Å². The van der Waals surface area contributed by atoms with E-state index in [1.54, 1.807) is 12.1 Å². The Bertz CT molecular complexity index is 666. The molecule has 1 saturated carbocycles. The topological polar surface area (TPSA) is 72.9 Å². The highest BCUT2D eigenvalue weighted by atomic mass is 19.1. The number of nitrogens with one attached hydrogen (secondary N) is 1. The minimum absolute atomic E-state index is 0.00355. The van der Waals surface area contributed by atoms with Crippen molar-refractivity contribution in [3.05, 3.63) is 35.6 Å². The van der Waals surface area contributed by atoms with E-state index in [2.05, 4.69) is 11.2 Å². The van der Waals surface area contributed by atoms with E-state index in [4.69, 9.17) is 11.5 Å². The number of carboxylic acid groups (broad SMARTS) is 1. The molecule has 0 heterocycles. The van der Waals surface area contributed by atoms with Gasteiger partial charge in [-0.1, -0.05) is 25.0 Å². The number of terminal acetylenes is 1. The van der Waals surface area contributed by atoms with Crippen molar-refractivity contribution in [2.45, 2.75) is 38.4 Å². The molecule has 1 aromatic carbocycles. The van der Waals surface area contributed by atoms with Gasteiger partial charge >= 0.3 is 12.0 Å². The van der Waals surface area contributed by atoms with Crippen LogP contribution in [-0.4, -0.2) is 58.6 Å². The van der Waals surface area contributed by atoms with Crippen LogP contribution in [0.15, 0.2) is 24.3 Å². The summed E-state index contributed by atoms with van der Waals surface area (Å²) in [6.45, 7) is 3.04. The molecule has 0 bridgehead atoms. The minimum atomic E-state index is -0.848. The number of carbonyl (C=O) groups is 2. The van der Waals surface area contributed by atoms with Crippen LogP contribution in [0, 0.1) is 18.2 Å². The van der Waals surface area contributed by atoms with Crippen molar-refractivity contribution < 1.29 is 19.1 Å². The van der Waals surface area contributed by atoms with E-state index >= 15 is 0 Å². The normalized spacial score (nSPS) is 18.7. The van der Waals surface area contributed by atoms with Crippen LogP contribution in [0.25, 0.3) is 0 Å². The second-order valence-electron chi connectivity index (χ2n) is 6.42. The van der Waals surface area contributed by atoms with E-state index in [9.17, 15) is 14.0 Å². The van der Waals surface area contributed by atoms with Crippen LogP contribution in [0.2, 0.25) is 0 Å². The molecule has 26 heavy (non-hydrogen) atoms. The van der Waals surface area contributed by atoms with E-state index < -0.39 is 5.97 Å². The number of halogens is 1. The molecule has 0 atom stereocenters. The van der Waals surface area contributed by atoms with Gasteiger partial charge in [-0.15, -0.1) is 6.42 Å². The highest BCUT2D eigenvalue weighted by Gasteiger charge is 2.35. The van der Waals surface area contributed by atoms with Gasteiger partial charge in [0.1, 0.15) is 5.82 Å². The maximum Gasteiger partial charge on any atom is 0.318 e. The van der Waals surface area contributed by atoms with Crippen molar-refractivity contribution in [3.8, 4) is 12.3 Å². The first kappa shape index (κ1) is 19.7. The van der Waals surface area contributed by atoms with Crippen molar-refractivity contribution in [1.29, 1.82) is 0 Å². The largest absolute Gasteiger partial charge is 0.480 e. The minimum Gasteiger partial charge on any atom is -0.480 e. The van der Waals surface area contributed by atoms with Crippen LogP contribution in [0.1, 0.15) is 25.3 Å². The quantitative estimate of drug-likeness (QED) is 0.694. The van der Waals surface area contributed by atoms with Crippen LogP contribution >= 0.6 is 0 Å². The Labute approximate surface area is 153 Å². The number of urea groups is 1. The lowest BCUT2D eigenvalue weighted by atomic mass is 9.85. The summed E-state index contributed by atoms with van der Waals surface area (Å²) in [6.07, 6.45) is 6.79. The molecule has 6 nitrogen and oxygen atoms in total. The average Bonchev–Trinajstić information content (AvgIpc) is 2.57. The Hall–Kier alpha value is -2.59. The van der Waals surface area contributed by atoms with Gasteiger partial charge in [0.05, 0.1) is 13.1 Å². The SMILES string of the molecule is C#CCN(Cc1ccc(F)cc1)C(=O)NC1CC(N(CC)CC(=O)O)C1. The van der Waals surface area contributed by atoms with Crippen LogP contribution < -0.4 is 5.32 Å². The van der Waals surface area contributed by atoms with Gasteiger partial charge in [-0.3, -0.25) is 9.69 Å². The Balaban J connectivity index is 1.86. The smallest absolute Gasteiger partial charge is 0.318 e. The number of carbonyl (C=O) groups excluding carboxylic acids is 1. The Morgan fingerprint density at radius 1 is 1.35 bits per heavy atom. The third-order valence-corrected chi connectivity index (χ3v) is 4.56. The standard InChI is InChI=1S/C19H24FN3O3/c1-3-9-23(12-14-5-7-15(20)8-6-14)19(26)21-16-10-17(11-16)22(4-2)13-18(24)25/h1,5-8,16-17H,4,9-13H2,2H3,(H,21,26)(H,24,25). The van der Waals surface area contributed by atoms with Gasteiger partial charge in [-0.2, -0.15) is 0 Å². The second-order valence-corrected chi connectivity index (χ2v) is 6.42. The number of benzene rings is 1. The summed E-state index contributed by atoms with van der Waals surface area (Å²) < 4.78 is 13.0. The molecule has 140 valence electrons. The molecule has 1 aromatic rings. The molecule has 0 aliphatic heterocycles. The number of amides is 2. The maximum atomic E-state index is 13.0. The average molecular weight is 361 g/mol. The second kappa shape index (κ2) is 9.20. The van der Waals surface area contributed by atoms with Gasteiger partial charge in [0, 0.05) is 18.6 Å². The monoisotopic (exact) mass is 361 g/mol. The summed E-state index contributed by atoms with van der Waals surface area (Å²) >= 11 is 0. The summed E-state index contributed by atoms with van der Waals surface area (Å²) in [5.74, 6) is 1.29. The van der Waals surface area contributed by atoms with Gasteiger partial charge < -0.3 is 15.3 Å². The predicted molar refractivity (Wildman–Crippen MR) is 95.9 cm³/mol. The Morgan fingerprint density at radius 3 is 2.54 bits per heavy atom. The Morgan fingerprint density at radius 2 is 2.00 bits per heavy atom. The zero-order valence-electron chi connectivity index (χ0n) is 14.8. The molecule has 2 rings (SSSR count). The maximum absolute atomic E-state index is 13.0. The van der Waals surface area contributed by atoms with E-state index in [-0.39, 0.29) is 37.0 Å². The van der Waals surface area contributed by atoms with Crippen LogP contribution in [0.5, 0.6) is 0 Å². The third kappa shape index (κ3) is 5.46. The van der Waals surface area contributed by atoms with Crippen molar-refractivity contribution in [2.24, 2.45) is 0 Å². The first-order valence-electron chi connectivity index (χ1n) is 8.62. The van der Waals surface area contributed by atoms with E-state index in [0.29, 0.717) is 25.9 Å². The van der Waals surface area contributed by atoms with Crippen LogP contribution in [0.4, 0.5) is 9.18 Å². The third-order valence-electron chi connectivity index (χ3n) is 4.56. The molecule has 0 spiro atoms. The van der Waals surface area contributed by atoms with Crippen molar-refractivity contribution in [3.63, 3.8) is 0 Å². The van der Waals surface area contributed by atoms with Gasteiger partial charge in [0.15, 0.2) is 0 Å². The molecule has 1 aliphatic rings. The fourth-order valence-electron chi connectivity index (χ4n) is 3.06.